The Labute approximate surface area is 55.7 Å². The Morgan fingerprint density at radius 1 is 1.67 bits per heavy atom. The van der Waals surface area contributed by atoms with Gasteiger partial charge in [-0.15, -0.1) is 5.53 Å². The van der Waals surface area contributed by atoms with Crippen molar-refractivity contribution in [1.82, 2.24) is 16.0 Å². The average Bonchev–Trinajstić information content (AvgIpc) is 2.17. The summed E-state index contributed by atoms with van der Waals surface area (Å²) in [6.45, 7) is 2.17. The van der Waals surface area contributed by atoms with Crippen LogP contribution in [0.5, 0.6) is 0 Å². The van der Waals surface area contributed by atoms with Crippen molar-refractivity contribution in [1.29, 1.82) is 0 Å². The Bertz CT molecular complexity index is 119. The molecule has 0 amide bonds. The molecule has 52 valence electrons. The Morgan fingerprint density at radius 3 is 2.89 bits per heavy atom. The molecule has 0 unspecified atom stereocenters. The minimum atomic E-state index is 1.12. The van der Waals surface area contributed by atoms with Crippen molar-refractivity contribution in [3.05, 3.63) is 11.9 Å². The maximum Gasteiger partial charge on any atom is 0.0453 e. The van der Waals surface area contributed by atoms with E-state index in [9.17, 15) is 0 Å². The Balaban J connectivity index is 2.33. The van der Waals surface area contributed by atoms with Gasteiger partial charge in [-0.2, -0.15) is 0 Å². The summed E-state index contributed by atoms with van der Waals surface area (Å²) in [6.07, 6.45) is 4.37. The zero-order valence-corrected chi connectivity index (χ0v) is 5.94. The van der Waals surface area contributed by atoms with Crippen LogP contribution in [0.2, 0.25) is 0 Å². The monoisotopic (exact) mass is 127 g/mol. The van der Waals surface area contributed by atoms with Crippen molar-refractivity contribution < 1.29 is 0 Å². The summed E-state index contributed by atoms with van der Waals surface area (Å²) in [5, 5.41) is 1.91. The van der Waals surface area contributed by atoms with E-state index in [-0.39, 0.29) is 0 Å². The molecule has 9 heavy (non-hydrogen) atoms. The molecule has 0 spiro atoms. The summed E-state index contributed by atoms with van der Waals surface area (Å²) in [4.78, 5) is 0. The van der Waals surface area contributed by atoms with Crippen LogP contribution in [0.3, 0.4) is 0 Å². The SMILES string of the molecule is CCCC1=CN(C)NN1. The van der Waals surface area contributed by atoms with Gasteiger partial charge in [0.2, 0.25) is 0 Å². The number of allylic oxidation sites excluding steroid dienone is 1. The van der Waals surface area contributed by atoms with Crippen molar-refractivity contribution in [2.24, 2.45) is 0 Å². The zero-order chi connectivity index (χ0) is 6.69. The van der Waals surface area contributed by atoms with Crippen LogP contribution < -0.4 is 11.0 Å². The first-order valence-corrected chi connectivity index (χ1v) is 3.28. The van der Waals surface area contributed by atoms with Crippen LogP contribution in [0.15, 0.2) is 11.9 Å². The van der Waals surface area contributed by atoms with Gasteiger partial charge in [-0.25, -0.2) is 0 Å². The van der Waals surface area contributed by atoms with Gasteiger partial charge in [0.1, 0.15) is 0 Å². The number of hydrogen-bond acceptors (Lipinski definition) is 3. The van der Waals surface area contributed by atoms with E-state index in [0.29, 0.717) is 0 Å². The van der Waals surface area contributed by atoms with Gasteiger partial charge < -0.3 is 5.43 Å². The molecule has 1 heterocycles. The lowest BCUT2D eigenvalue weighted by atomic mass is 10.3. The van der Waals surface area contributed by atoms with Crippen molar-refractivity contribution in [3.63, 3.8) is 0 Å². The summed E-state index contributed by atoms with van der Waals surface area (Å²) >= 11 is 0. The summed E-state index contributed by atoms with van der Waals surface area (Å²) < 4.78 is 0. The van der Waals surface area contributed by atoms with Crippen molar-refractivity contribution in [2.75, 3.05) is 7.05 Å². The minimum absolute atomic E-state index is 1.12. The van der Waals surface area contributed by atoms with E-state index in [1.807, 2.05) is 12.1 Å². The first kappa shape index (κ1) is 6.42. The zero-order valence-electron chi connectivity index (χ0n) is 5.94. The highest BCUT2D eigenvalue weighted by Gasteiger charge is 2.03. The second-order valence-electron chi connectivity index (χ2n) is 2.25. The van der Waals surface area contributed by atoms with Crippen LogP contribution in [0.1, 0.15) is 19.8 Å². The maximum atomic E-state index is 3.04. The molecule has 1 aliphatic heterocycles. The maximum absolute atomic E-state index is 3.04. The molecule has 0 atom stereocenters. The van der Waals surface area contributed by atoms with Crippen LogP contribution in [0.25, 0.3) is 0 Å². The molecule has 3 nitrogen and oxygen atoms in total. The van der Waals surface area contributed by atoms with E-state index < -0.39 is 0 Å². The lowest BCUT2D eigenvalue weighted by molar-refractivity contribution is 0.326. The fraction of sp³-hybridized carbons (Fsp3) is 0.667. The third-order valence-electron chi connectivity index (χ3n) is 1.26. The first-order valence-electron chi connectivity index (χ1n) is 3.28. The molecule has 0 saturated carbocycles. The molecule has 0 bridgehead atoms. The van der Waals surface area contributed by atoms with E-state index >= 15 is 0 Å². The number of hydrazine groups is 2. The summed E-state index contributed by atoms with van der Waals surface area (Å²) in [5.74, 6) is 0. The molecule has 0 fully saturated rings. The van der Waals surface area contributed by atoms with Crippen LogP contribution in [-0.4, -0.2) is 12.1 Å². The fourth-order valence-corrected chi connectivity index (χ4v) is 0.855. The lowest BCUT2D eigenvalue weighted by Gasteiger charge is -2.05. The predicted molar refractivity (Wildman–Crippen MR) is 37.0 cm³/mol. The smallest absolute Gasteiger partial charge is 0.0453 e. The van der Waals surface area contributed by atoms with Crippen molar-refractivity contribution >= 4 is 0 Å². The number of nitrogens with zero attached hydrogens (tertiary/aromatic N) is 1. The second kappa shape index (κ2) is 2.73. The standard InChI is InChI=1S/C6H13N3/c1-3-4-6-5-9(2)8-7-6/h5,7-8H,3-4H2,1-2H3. The van der Waals surface area contributed by atoms with Crippen LogP contribution in [0, 0.1) is 0 Å². The number of nitrogens with one attached hydrogen (secondary N) is 2. The molecule has 0 aliphatic carbocycles. The molecule has 0 radical (unpaired) electrons. The van der Waals surface area contributed by atoms with Gasteiger partial charge in [-0.3, -0.25) is 5.01 Å². The van der Waals surface area contributed by atoms with E-state index in [0.717, 1.165) is 6.42 Å². The Morgan fingerprint density at radius 2 is 2.44 bits per heavy atom. The quantitative estimate of drug-likeness (QED) is 0.568. The summed E-state index contributed by atoms with van der Waals surface area (Å²) in [5.41, 5.74) is 7.25. The Hall–Kier alpha value is -0.700. The highest BCUT2D eigenvalue weighted by Crippen LogP contribution is 2.03. The van der Waals surface area contributed by atoms with Crippen molar-refractivity contribution in [2.45, 2.75) is 19.8 Å². The first-order chi connectivity index (χ1) is 4.33. The highest BCUT2D eigenvalue weighted by atomic mass is 15.7. The summed E-state index contributed by atoms with van der Waals surface area (Å²) in [6, 6.07) is 0. The van der Waals surface area contributed by atoms with E-state index in [1.54, 1.807) is 0 Å². The molecule has 2 N–H and O–H groups in total. The van der Waals surface area contributed by atoms with Crippen LogP contribution in [-0.2, 0) is 0 Å². The van der Waals surface area contributed by atoms with Gasteiger partial charge in [0.25, 0.3) is 0 Å². The molecular weight excluding hydrogens is 114 g/mol. The second-order valence-corrected chi connectivity index (χ2v) is 2.25. The molecule has 3 heteroatoms. The number of rotatable bonds is 2. The largest absolute Gasteiger partial charge is 0.306 e. The average molecular weight is 127 g/mol. The fourth-order valence-electron chi connectivity index (χ4n) is 0.855. The minimum Gasteiger partial charge on any atom is -0.306 e. The van der Waals surface area contributed by atoms with Gasteiger partial charge in [-0.1, -0.05) is 13.3 Å². The van der Waals surface area contributed by atoms with Crippen molar-refractivity contribution in [3.8, 4) is 0 Å². The lowest BCUT2D eigenvalue weighted by Crippen LogP contribution is -2.33. The summed E-state index contributed by atoms with van der Waals surface area (Å²) in [7, 11) is 1.97. The predicted octanol–water partition coefficient (Wildman–Crippen LogP) is 0.582. The van der Waals surface area contributed by atoms with Gasteiger partial charge in [0.05, 0.1) is 0 Å². The molecule has 1 rings (SSSR count). The molecule has 0 saturated heterocycles. The molecule has 1 aliphatic rings. The van der Waals surface area contributed by atoms with Gasteiger partial charge in [-0.05, 0) is 6.42 Å². The molecule has 0 aromatic heterocycles. The van der Waals surface area contributed by atoms with E-state index in [4.69, 9.17) is 0 Å². The topological polar surface area (TPSA) is 27.3 Å². The third-order valence-corrected chi connectivity index (χ3v) is 1.26. The van der Waals surface area contributed by atoms with Crippen LogP contribution in [0.4, 0.5) is 0 Å². The van der Waals surface area contributed by atoms with Crippen LogP contribution >= 0.6 is 0 Å². The third kappa shape index (κ3) is 1.61. The van der Waals surface area contributed by atoms with Gasteiger partial charge in [0, 0.05) is 18.9 Å². The molecule has 0 aromatic rings. The Kier molecular flexibility index (Phi) is 1.95. The van der Waals surface area contributed by atoms with E-state index in [2.05, 4.69) is 24.1 Å². The van der Waals surface area contributed by atoms with Gasteiger partial charge >= 0.3 is 0 Å². The molecular formula is C6H13N3. The normalized spacial score (nSPS) is 17.6. The van der Waals surface area contributed by atoms with E-state index in [1.165, 1.54) is 12.1 Å². The molecule has 0 aromatic carbocycles. The number of hydrogen-bond donors (Lipinski definition) is 2. The highest BCUT2D eigenvalue weighted by molar-refractivity contribution is 5.00. The van der Waals surface area contributed by atoms with Gasteiger partial charge in [0.15, 0.2) is 0 Å².